The van der Waals surface area contributed by atoms with E-state index < -0.39 is 5.97 Å². The number of benzene rings is 3. The summed E-state index contributed by atoms with van der Waals surface area (Å²) in [4.78, 5) is 24.6. The van der Waals surface area contributed by atoms with E-state index in [1.807, 2.05) is 49.4 Å². The van der Waals surface area contributed by atoms with Gasteiger partial charge in [-0.25, -0.2) is 4.79 Å². The van der Waals surface area contributed by atoms with E-state index >= 15 is 0 Å². The molecule has 1 fully saturated rings. The van der Waals surface area contributed by atoms with Crippen molar-refractivity contribution in [2.45, 2.75) is 31.9 Å². The molecule has 1 saturated heterocycles. The molecule has 3 aromatic carbocycles. The molecule has 6 heteroatoms. The minimum absolute atomic E-state index is 0.134. The van der Waals surface area contributed by atoms with Crippen molar-refractivity contribution in [3.05, 3.63) is 77.9 Å². The highest BCUT2D eigenvalue weighted by molar-refractivity contribution is 5.91. The predicted molar refractivity (Wildman–Crippen MR) is 122 cm³/mol. The van der Waals surface area contributed by atoms with Gasteiger partial charge in [-0.1, -0.05) is 42.5 Å². The summed E-state index contributed by atoms with van der Waals surface area (Å²) in [6.45, 7) is 2.86. The van der Waals surface area contributed by atoms with Crippen molar-refractivity contribution in [1.82, 2.24) is 5.32 Å². The fourth-order valence-corrected chi connectivity index (χ4v) is 3.86. The van der Waals surface area contributed by atoms with E-state index in [0.29, 0.717) is 17.9 Å². The highest BCUT2D eigenvalue weighted by atomic mass is 16.5. The number of amides is 1. The lowest BCUT2D eigenvalue weighted by atomic mass is 10.00. The second-order valence-corrected chi connectivity index (χ2v) is 7.90. The van der Waals surface area contributed by atoms with Gasteiger partial charge in [0.05, 0.1) is 17.7 Å². The van der Waals surface area contributed by atoms with Crippen molar-refractivity contribution in [2.24, 2.45) is 0 Å². The molecular weight excluding hydrogens is 406 g/mol. The number of rotatable bonds is 8. The molecule has 0 saturated carbocycles. The average Bonchev–Trinajstić information content (AvgIpc) is 3.35. The average molecular weight is 434 g/mol. The summed E-state index contributed by atoms with van der Waals surface area (Å²) in [5, 5.41) is 5.10. The van der Waals surface area contributed by atoms with Crippen molar-refractivity contribution in [3.8, 4) is 5.75 Å². The van der Waals surface area contributed by atoms with Gasteiger partial charge in [-0.05, 0) is 60.4 Å². The highest BCUT2D eigenvalue weighted by Crippen LogP contribution is 2.24. The Morgan fingerprint density at radius 1 is 1.06 bits per heavy atom. The number of fused-ring (bicyclic) bond motifs is 1. The molecule has 1 amide bonds. The lowest BCUT2D eigenvalue weighted by Gasteiger charge is -2.16. The number of ether oxygens (including phenoxy) is 3. The van der Waals surface area contributed by atoms with Crippen LogP contribution in [0, 0.1) is 0 Å². The maximum Gasteiger partial charge on any atom is 0.338 e. The van der Waals surface area contributed by atoms with Gasteiger partial charge in [-0.3, -0.25) is 4.79 Å². The molecule has 0 aliphatic carbocycles. The third-order valence-electron chi connectivity index (χ3n) is 5.55. The first-order valence-electron chi connectivity index (χ1n) is 10.9. The number of hydrogen-bond acceptors (Lipinski definition) is 5. The predicted octanol–water partition coefficient (Wildman–Crippen LogP) is 4.43. The van der Waals surface area contributed by atoms with Gasteiger partial charge in [0.1, 0.15) is 12.4 Å². The van der Waals surface area contributed by atoms with Gasteiger partial charge in [0.25, 0.3) is 5.91 Å². The second kappa shape index (κ2) is 10.3. The van der Waals surface area contributed by atoms with E-state index in [1.165, 1.54) is 0 Å². The molecule has 2 unspecified atom stereocenters. The first-order chi connectivity index (χ1) is 15.6. The molecule has 0 radical (unpaired) electrons. The van der Waals surface area contributed by atoms with Crippen LogP contribution in [0.25, 0.3) is 10.8 Å². The van der Waals surface area contributed by atoms with E-state index in [2.05, 4.69) is 5.32 Å². The molecule has 1 aliphatic heterocycles. The second-order valence-electron chi connectivity index (χ2n) is 7.90. The lowest BCUT2D eigenvalue weighted by molar-refractivity contribution is -0.124. The summed E-state index contributed by atoms with van der Waals surface area (Å²) in [7, 11) is 0. The van der Waals surface area contributed by atoms with E-state index in [1.54, 1.807) is 24.3 Å². The van der Waals surface area contributed by atoms with E-state index in [9.17, 15) is 9.59 Å². The molecule has 0 bridgehead atoms. The van der Waals surface area contributed by atoms with E-state index in [0.717, 1.165) is 35.8 Å². The van der Waals surface area contributed by atoms with Gasteiger partial charge < -0.3 is 19.5 Å². The maximum absolute atomic E-state index is 12.3. The minimum Gasteiger partial charge on any atom is -0.491 e. The number of hydrogen-bond donors (Lipinski definition) is 1. The SMILES string of the molecule is CC(NC(=O)COC(=O)c1ccc(OCC2CCCO2)cc1)c1cccc2ccccc12. The van der Waals surface area contributed by atoms with Gasteiger partial charge in [0.15, 0.2) is 6.61 Å². The first-order valence-corrected chi connectivity index (χ1v) is 10.9. The Morgan fingerprint density at radius 2 is 1.84 bits per heavy atom. The van der Waals surface area contributed by atoms with Crippen LogP contribution in [-0.4, -0.2) is 37.8 Å². The third-order valence-corrected chi connectivity index (χ3v) is 5.55. The number of carbonyl (C=O) groups is 2. The Balaban J connectivity index is 1.26. The molecule has 6 nitrogen and oxygen atoms in total. The summed E-state index contributed by atoms with van der Waals surface area (Å²) in [5.41, 5.74) is 1.38. The number of esters is 1. The van der Waals surface area contributed by atoms with Crippen LogP contribution in [0.5, 0.6) is 5.75 Å². The van der Waals surface area contributed by atoms with Gasteiger partial charge in [-0.15, -0.1) is 0 Å². The number of carbonyl (C=O) groups excluding carboxylic acids is 2. The summed E-state index contributed by atoms with van der Waals surface area (Å²) >= 11 is 0. The molecule has 1 aliphatic rings. The smallest absolute Gasteiger partial charge is 0.338 e. The van der Waals surface area contributed by atoms with Gasteiger partial charge in [0, 0.05) is 6.61 Å². The van der Waals surface area contributed by atoms with Crippen LogP contribution in [0.1, 0.15) is 41.7 Å². The molecule has 3 aromatic rings. The van der Waals surface area contributed by atoms with Crippen LogP contribution in [-0.2, 0) is 14.3 Å². The van der Waals surface area contributed by atoms with E-state index in [-0.39, 0.29) is 24.7 Å². The van der Waals surface area contributed by atoms with Gasteiger partial charge >= 0.3 is 5.97 Å². The zero-order valence-electron chi connectivity index (χ0n) is 18.1. The zero-order valence-corrected chi connectivity index (χ0v) is 18.1. The molecule has 0 spiro atoms. The summed E-state index contributed by atoms with van der Waals surface area (Å²) < 4.78 is 16.4. The molecule has 166 valence electrons. The molecular formula is C26H27NO5. The quantitative estimate of drug-likeness (QED) is 0.532. The van der Waals surface area contributed by atoms with Crippen LogP contribution in [0.15, 0.2) is 66.7 Å². The Labute approximate surface area is 187 Å². The maximum atomic E-state index is 12.3. The van der Waals surface area contributed by atoms with Crippen LogP contribution in [0.3, 0.4) is 0 Å². The lowest BCUT2D eigenvalue weighted by Crippen LogP contribution is -2.31. The minimum atomic E-state index is -0.552. The highest BCUT2D eigenvalue weighted by Gasteiger charge is 2.17. The molecule has 1 N–H and O–H groups in total. The zero-order chi connectivity index (χ0) is 22.3. The fraction of sp³-hybridized carbons (Fsp3) is 0.308. The fourth-order valence-electron chi connectivity index (χ4n) is 3.86. The van der Waals surface area contributed by atoms with Crippen molar-refractivity contribution < 1.29 is 23.8 Å². The van der Waals surface area contributed by atoms with Crippen LogP contribution in [0.4, 0.5) is 0 Å². The van der Waals surface area contributed by atoms with E-state index in [4.69, 9.17) is 14.2 Å². The normalized spacial score (nSPS) is 16.5. The van der Waals surface area contributed by atoms with Gasteiger partial charge in [-0.2, -0.15) is 0 Å². The third kappa shape index (κ3) is 5.45. The van der Waals surface area contributed by atoms with Crippen LogP contribution < -0.4 is 10.1 Å². The summed E-state index contributed by atoms with van der Waals surface area (Å²) in [6, 6.07) is 20.5. The monoisotopic (exact) mass is 433 g/mol. The number of nitrogens with one attached hydrogen (secondary N) is 1. The standard InChI is InChI=1S/C26H27NO5/c1-18(23-10-4-7-19-6-2-3-9-24(19)23)27-25(28)17-32-26(29)20-11-13-21(14-12-20)31-16-22-8-5-15-30-22/h2-4,6-7,9-14,18,22H,5,8,15-17H2,1H3,(H,27,28). The first kappa shape index (κ1) is 21.8. The summed E-state index contributed by atoms with van der Waals surface area (Å²) in [5.74, 6) is -0.238. The molecule has 0 aromatic heterocycles. The van der Waals surface area contributed by atoms with Crippen LogP contribution in [0.2, 0.25) is 0 Å². The topological polar surface area (TPSA) is 73.9 Å². The van der Waals surface area contributed by atoms with Crippen LogP contribution >= 0.6 is 0 Å². The van der Waals surface area contributed by atoms with Crippen molar-refractivity contribution >= 4 is 22.6 Å². The van der Waals surface area contributed by atoms with Crippen molar-refractivity contribution in [3.63, 3.8) is 0 Å². The molecule has 1 heterocycles. The van der Waals surface area contributed by atoms with Gasteiger partial charge in [0.2, 0.25) is 0 Å². The van der Waals surface area contributed by atoms with Crippen molar-refractivity contribution in [1.29, 1.82) is 0 Å². The van der Waals surface area contributed by atoms with Crippen molar-refractivity contribution in [2.75, 3.05) is 19.8 Å². The Morgan fingerprint density at radius 3 is 2.62 bits per heavy atom. The Kier molecular flexibility index (Phi) is 7.02. The Bertz CT molecular complexity index is 1070. The molecule has 2 atom stereocenters. The largest absolute Gasteiger partial charge is 0.491 e. The molecule has 32 heavy (non-hydrogen) atoms. The Hall–Kier alpha value is -3.38. The molecule has 4 rings (SSSR count). The summed E-state index contributed by atoms with van der Waals surface area (Å²) in [6.07, 6.45) is 2.20.